The topological polar surface area (TPSA) is 85.3 Å². The van der Waals surface area contributed by atoms with Crippen LogP contribution in [0.4, 0.5) is 0 Å². The minimum absolute atomic E-state index is 0.00764. The van der Waals surface area contributed by atoms with E-state index in [1.54, 1.807) is 7.11 Å². The van der Waals surface area contributed by atoms with Crippen LogP contribution in [0.1, 0.15) is 35.8 Å². The van der Waals surface area contributed by atoms with Gasteiger partial charge < -0.3 is 15.2 Å². The second kappa shape index (κ2) is 7.76. The normalized spacial score (nSPS) is 21.3. The van der Waals surface area contributed by atoms with Gasteiger partial charge in [-0.25, -0.2) is 0 Å². The third-order valence-electron chi connectivity index (χ3n) is 5.43. The van der Waals surface area contributed by atoms with Crippen LogP contribution in [0.5, 0.6) is 5.75 Å². The number of halogens is 1. The molecule has 0 radical (unpaired) electrons. The van der Waals surface area contributed by atoms with Gasteiger partial charge in [-0.1, -0.05) is 40.2 Å². The highest BCUT2D eigenvalue weighted by atomic mass is 79.9. The first-order valence-electron chi connectivity index (χ1n) is 9.25. The van der Waals surface area contributed by atoms with Crippen molar-refractivity contribution in [1.82, 2.24) is 0 Å². The lowest BCUT2D eigenvalue weighted by atomic mass is 9.73. The van der Waals surface area contributed by atoms with E-state index >= 15 is 0 Å². The van der Waals surface area contributed by atoms with E-state index in [9.17, 15) is 10.1 Å². The largest absolute Gasteiger partial charge is 0.497 e. The molecule has 2 aromatic rings. The van der Waals surface area contributed by atoms with Gasteiger partial charge in [0.1, 0.15) is 23.2 Å². The maximum absolute atomic E-state index is 13.2. The third-order valence-corrected chi connectivity index (χ3v) is 5.92. The average Bonchev–Trinajstić information content (AvgIpc) is 2.72. The molecule has 2 aliphatic rings. The highest BCUT2D eigenvalue weighted by Crippen LogP contribution is 2.47. The van der Waals surface area contributed by atoms with Crippen LogP contribution in [0.3, 0.4) is 0 Å². The highest BCUT2D eigenvalue weighted by molar-refractivity contribution is 9.10. The molecule has 0 bridgehead atoms. The number of ketones is 1. The molecule has 0 amide bonds. The quantitative estimate of drug-likeness (QED) is 0.734. The Hall–Kier alpha value is -3.04. The summed E-state index contributed by atoms with van der Waals surface area (Å²) in [5, 5.41) is 9.69. The summed E-state index contributed by atoms with van der Waals surface area (Å²) >= 11 is 3.47. The highest BCUT2D eigenvalue weighted by Gasteiger charge is 2.40. The van der Waals surface area contributed by atoms with E-state index in [-0.39, 0.29) is 23.2 Å². The number of nitrogens with zero attached hydrogens (tertiary/aromatic N) is 1. The molecule has 1 heterocycles. The molecule has 2 N–H and O–H groups in total. The Labute approximate surface area is 177 Å². The first-order chi connectivity index (χ1) is 14.0. The number of rotatable bonds is 3. The van der Waals surface area contributed by atoms with E-state index in [0.29, 0.717) is 24.2 Å². The fourth-order valence-electron chi connectivity index (χ4n) is 4.04. The average molecular weight is 451 g/mol. The van der Waals surface area contributed by atoms with Gasteiger partial charge in [0, 0.05) is 22.9 Å². The summed E-state index contributed by atoms with van der Waals surface area (Å²) in [6.45, 7) is 0. The van der Waals surface area contributed by atoms with Crippen LogP contribution < -0.4 is 10.5 Å². The molecule has 2 atom stereocenters. The summed E-state index contributed by atoms with van der Waals surface area (Å²) in [5.74, 6) is 0.864. The summed E-state index contributed by atoms with van der Waals surface area (Å²) in [5.41, 5.74) is 8.79. The zero-order valence-electron chi connectivity index (χ0n) is 15.8. The van der Waals surface area contributed by atoms with Crippen molar-refractivity contribution in [1.29, 1.82) is 5.26 Å². The number of benzene rings is 2. The van der Waals surface area contributed by atoms with Crippen LogP contribution in [0.25, 0.3) is 0 Å². The summed E-state index contributed by atoms with van der Waals surface area (Å²) in [4.78, 5) is 13.2. The molecule has 6 heteroatoms. The third kappa shape index (κ3) is 3.54. The molecule has 2 unspecified atom stereocenters. The molecule has 5 nitrogen and oxygen atoms in total. The van der Waals surface area contributed by atoms with Gasteiger partial charge in [-0.15, -0.1) is 0 Å². The Morgan fingerprint density at radius 1 is 1.17 bits per heavy atom. The van der Waals surface area contributed by atoms with Gasteiger partial charge in [-0.05, 0) is 41.3 Å². The van der Waals surface area contributed by atoms with Crippen molar-refractivity contribution >= 4 is 21.7 Å². The molecule has 0 spiro atoms. The first kappa shape index (κ1) is 19.3. The lowest BCUT2D eigenvalue weighted by Gasteiger charge is -2.34. The van der Waals surface area contributed by atoms with Gasteiger partial charge in [0.15, 0.2) is 5.78 Å². The maximum atomic E-state index is 13.2. The minimum atomic E-state index is -0.509. The predicted molar refractivity (Wildman–Crippen MR) is 112 cm³/mol. The van der Waals surface area contributed by atoms with E-state index in [4.69, 9.17) is 15.2 Å². The first-order valence-corrected chi connectivity index (χ1v) is 10.0. The van der Waals surface area contributed by atoms with Gasteiger partial charge in [0.2, 0.25) is 5.88 Å². The molecule has 29 heavy (non-hydrogen) atoms. The molecule has 146 valence electrons. The molecule has 1 aliphatic carbocycles. The summed E-state index contributed by atoms with van der Waals surface area (Å²) in [6.07, 6.45) is 0.912. The van der Waals surface area contributed by atoms with Crippen LogP contribution in [-0.4, -0.2) is 12.9 Å². The standard InChI is InChI=1S/C23H19BrN2O3/c1-28-17-7-5-13(6-8-17)15-10-19(27)22-20(11-15)29-23(26)18(12-25)21(22)14-3-2-4-16(24)9-14/h2-9,15,21H,10-11,26H2,1H3. The molecule has 0 aromatic heterocycles. The van der Waals surface area contributed by atoms with E-state index < -0.39 is 5.92 Å². The molecular weight excluding hydrogens is 432 g/mol. The van der Waals surface area contributed by atoms with Gasteiger partial charge in [0.25, 0.3) is 0 Å². The van der Waals surface area contributed by atoms with Crippen molar-refractivity contribution in [3.8, 4) is 11.8 Å². The fourth-order valence-corrected chi connectivity index (χ4v) is 4.46. The Kier molecular flexibility index (Phi) is 5.16. The number of hydrogen-bond donors (Lipinski definition) is 1. The van der Waals surface area contributed by atoms with Gasteiger partial charge in [-0.3, -0.25) is 4.79 Å². The van der Waals surface area contributed by atoms with Crippen molar-refractivity contribution in [2.45, 2.75) is 24.7 Å². The monoisotopic (exact) mass is 450 g/mol. The lowest BCUT2D eigenvalue weighted by molar-refractivity contribution is -0.117. The van der Waals surface area contributed by atoms with Crippen LogP contribution in [0.15, 0.2) is 75.8 Å². The number of carbonyl (C=O) groups is 1. The van der Waals surface area contributed by atoms with Crippen molar-refractivity contribution in [2.24, 2.45) is 5.73 Å². The molecule has 0 saturated carbocycles. The van der Waals surface area contributed by atoms with Crippen molar-refractivity contribution in [2.75, 3.05) is 7.11 Å². The van der Waals surface area contributed by atoms with Crippen LogP contribution in [0.2, 0.25) is 0 Å². The van der Waals surface area contributed by atoms with E-state index in [2.05, 4.69) is 22.0 Å². The van der Waals surface area contributed by atoms with Gasteiger partial charge in [0.05, 0.1) is 13.0 Å². The van der Waals surface area contributed by atoms with Crippen LogP contribution >= 0.6 is 15.9 Å². The smallest absolute Gasteiger partial charge is 0.205 e. The Morgan fingerprint density at radius 2 is 1.93 bits per heavy atom. The maximum Gasteiger partial charge on any atom is 0.205 e. The molecule has 0 saturated heterocycles. The molecule has 4 rings (SSSR count). The molecule has 1 aliphatic heterocycles. The molecular formula is C23H19BrN2O3. The number of nitrogens with two attached hydrogens (primary N) is 1. The molecule has 2 aromatic carbocycles. The lowest BCUT2D eigenvalue weighted by Crippen LogP contribution is -2.29. The second-order valence-corrected chi connectivity index (χ2v) is 8.03. The zero-order valence-corrected chi connectivity index (χ0v) is 17.4. The number of carbonyl (C=O) groups excluding carboxylic acids is 1. The van der Waals surface area contributed by atoms with Crippen molar-refractivity contribution in [3.05, 3.63) is 86.9 Å². The number of nitriles is 1. The number of hydrogen-bond acceptors (Lipinski definition) is 5. The van der Waals surface area contributed by atoms with Gasteiger partial charge >= 0.3 is 0 Å². The number of ether oxygens (including phenoxy) is 2. The predicted octanol–water partition coefficient (Wildman–Crippen LogP) is 4.67. The number of Topliss-reactive ketones (excluding diaryl/α,β-unsaturated/α-hetero) is 1. The van der Waals surface area contributed by atoms with E-state index in [1.165, 1.54) is 0 Å². The number of allylic oxidation sites excluding steroid dienone is 3. The SMILES string of the molecule is COc1ccc(C2CC(=O)C3=C(C2)OC(N)=C(C#N)C3c2cccc(Br)c2)cc1. The Morgan fingerprint density at radius 3 is 2.59 bits per heavy atom. The zero-order chi connectivity index (χ0) is 20.5. The summed E-state index contributed by atoms with van der Waals surface area (Å²) in [6, 6.07) is 17.5. The Bertz CT molecular complexity index is 1080. The fraction of sp³-hybridized carbons (Fsp3) is 0.217. The summed E-state index contributed by atoms with van der Waals surface area (Å²) < 4.78 is 11.9. The number of methoxy groups -OCH3 is 1. The van der Waals surface area contributed by atoms with E-state index in [0.717, 1.165) is 21.3 Å². The summed E-state index contributed by atoms with van der Waals surface area (Å²) in [7, 11) is 1.62. The van der Waals surface area contributed by atoms with Crippen molar-refractivity contribution < 1.29 is 14.3 Å². The van der Waals surface area contributed by atoms with E-state index in [1.807, 2.05) is 48.5 Å². The Balaban J connectivity index is 1.75. The second-order valence-electron chi connectivity index (χ2n) is 7.12. The van der Waals surface area contributed by atoms with Crippen molar-refractivity contribution in [3.63, 3.8) is 0 Å². The van der Waals surface area contributed by atoms with Crippen LogP contribution in [-0.2, 0) is 9.53 Å². The van der Waals surface area contributed by atoms with Crippen LogP contribution in [0, 0.1) is 11.3 Å². The molecule has 0 fully saturated rings. The van der Waals surface area contributed by atoms with Gasteiger partial charge in [-0.2, -0.15) is 5.26 Å². The minimum Gasteiger partial charge on any atom is -0.497 e.